The van der Waals surface area contributed by atoms with Crippen molar-refractivity contribution in [1.29, 1.82) is 0 Å². The van der Waals surface area contributed by atoms with Gasteiger partial charge in [0.15, 0.2) is 0 Å². The van der Waals surface area contributed by atoms with E-state index in [9.17, 15) is 8.78 Å². The van der Waals surface area contributed by atoms with E-state index in [4.69, 9.17) is 6.42 Å². The SMILES string of the molecule is C#Cc1ccc(-c2ccc(C#Cc3c(F)cc(CCCCC)cc3F)cc2)cc1. The number of hydrogen-bond donors (Lipinski definition) is 0. The molecule has 0 saturated carbocycles. The third-order valence-corrected chi connectivity index (χ3v) is 4.77. The first-order chi connectivity index (χ1) is 14.1. The summed E-state index contributed by atoms with van der Waals surface area (Å²) in [5.41, 5.74) is 4.08. The van der Waals surface area contributed by atoms with Gasteiger partial charge in [-0.2, -0.15) is 0 Å². The van der Waals surface area contributed by atoms with Crippen LogP contribution in [0.4, 0.5) is 8.78 Å². The average molecular weight is 384 g/mol. The van der Waals surface area contributed by atoms with Crippen molar-refractivity contribution in [3.05, 3.63) is 94.6 Å². The van der Waals surface area contributed by atoms with Gasteiger partial charge in [0.05, 0.1) is 5.56 Å². The molecule has 0 spiro atoms. The Morgan fingerprint density at radius 1 is 0.759 bits per heavy atom. The van der Waals surface area contributed by atoms with Crippen LogP contribution < -0.4 is 0 Å². The molecule has 0 aliphatic heterocycles. The van der Waals surface area contributed by atoms with Gasteiger partial charge in [0.1, 0.15) is 11.6 Å². The summed E-state index contributed by atoms with van der Waals surface area (Å²) in [6, 6.07) is 18.0. The predicted octanol–water partition coefficient (Wildman–Crippen LogP) is 6.75. The first kappa shape index (κ1) is 20.4. The van der Waals surface area contributed by atoms with E-state index in [1.54, 1.807) is 0 Å². The fourth-order valence-corrected chi connectivity index (χ4v) is 3.11. The van der Waals surface area contributed by atoms with Crippen molar-refractivity contribution < 1.29 is 8.78 Å². The molecule has 0 heterocycles. The zero-order chi connectivity index (χ0) is 20.6. The summed E-state index contributed by atoms with van der Waals surface area (Å²) in [7, 11) is 0. The first-order valence-corrected chi connectivity index (χ1v) is 9.77. The Hall–Kier alpha value is -3.36. The Balaban J connectivity index is 1.76. The Labute approximate surface area is 171 Å². The number of terminal acetylenes is 1. The van der Waals surface area contributed by atoms with E-state index in [2.05, 4.69) is 24.7 Å². The maximum absolute atomic E-state index is 14.3. The number of hydrogen-bond acceptors (Lipinski definition) is 0. The maximum Gasteiger partial charge on any atom is 0.142 e. The minimum absolute atomic E-state index is 0.182. The molecule has 0 aliphatic carbocycles. The van der Waals surface area contributed by atoms with E-state index < -0.39 is 11.6 Å². The van der Waals surface area contributed by atoms with Gasteiger partial charge < -0.3 is 0 Å². The summed E-state index contributed by atoms with van der Waals surface area (Å²) in [5.74, 6) is 6.89. The lowest BCUT2D eigenvalue weighted by molar-refractivity contribution is 0.572. The third-order valence-electron chi connectivity index (χ3n) is 4.77. The monoisotopic (exact) mass is 384 g/mol. The molecule has 0 nitrogen and oxygen atoms in total. The number of benzene rings is 3. The Bertz CT molecular complexity index is 1050. The van der Waals surface area contributed by atoms with E-state index in [1.807, 2.05) is 48.5 Å². The van der Waals surface area contributed by atoms with Crippen molar-refractivity contribution in [1.82, 2.24) is 0 Å². The lowest BCUT2D eigenvalue weighted by atomic mass is 10.0. The molecular weight excluding hydrogens is 362 g/mol. The fraction of sp³-hybridized carbons (Fsp3) is 0.185. The van der Waals surface area contributed by atoms with Crippen LogP contribution in [0.5, 0.6) is 0 Å². The van der Waals surface area contributed by atoms with Gasteiger partial charge in [-0.05, 0) is 65.9 Å². The van der Waals surface area contributed by atoms with Gasteiger partial charge in [0.25, 0.3) is 0 Å². The van der Waals surface area contributed by atoms with Crippen LogP contribution in [0.25, 0.3) is 11.1 Å². The topological polar surface area (TPSA) is 0 Å². The molecule has 0 amide bonds. The fourth-order valence-electron chi connectivity index (χ4n) is 3.11. The summed E-state index contributed by atoms with van der Waals surface area (Å²) in [5, 5.41) is 0. The van der Waals surface area contributed by atoms with Crippen LogP contribution in [0, 0.1) is 35.8 Å². The lowest BCUT2D eigenvalue weighted by Crippen LogP contribution is -1.95. The molecule has 3 aromatic carbocycles. The van der Waals surface area contributed by atoms with Gasteiger partial charge in [-0.1, -0.05) is 61.8 Å². The van der Waals surface area contributed by atoms with E-state index in [0.717, 1.165) is 36.0 Å². The highest BCUT2D eigenvalue weighted by atomic mass is 19.1. The Morgan fingerprint density at radius 2 is 1.31 bits per heavy atom. The maximum atomic E-state index is 14.3. The second kappa shape index (κ2) is 9.72. The van der Waals surface area contributed by atoms with Gasteiger partial charge in [0.2, 0.25) is 0 Å². The predicted molar refractivity (Wildman–Crippen MR) is 115 cm³/mol. The second-order valence-electron chi connectivity index (χ2n) is 6.94. The zero-order valence-electron chi connectivity index (χ0n) is 16.4. The molecular formula is C27H22F2. The van der Waals surface area contributed by atoms with E-state index in [0.29, 0.717) is 17.5 Å². The molecule has 0 bridgehead atoms. The van der Waals surface area contributed by atoms with Crippen LogP contribution in [-0.4, -0.2) is 0 Å². The van der Waals surface area contributed by atoms with Crippen LogP contribution in [0.3, 0.4) is 0 Å². The van der Waals surface area contributed by atoms with Crippen LogP contribution in [0.1, 0.15) is 48.4 Å². The quantitative estimate of drug-likeness (QED) is 0.337. The summed E-state index contributed by atoms with van der Waals surface area (Å²) < 4.78 is 28.6. The van der Waals surface area contributed by atoms with Crippen LogP contribution in [0.2, 0.25) is 0 Å². The second-order valence-corrected chi connectivity index (χ2v) is 6.94. The van der Waals surface area contributed by atoms with Gasteiger partial charge >= 0.3 is 0 Å². The summed E-state index contributed by atoms with van der Waals surface area (Å²) in [6.07, 6.45) is 9.11. The van der Waals surface area contributed by atoms with Gasteiger partial charge in [0, 0.05) is 11.1 Å². The largest absolute Gasteiger partial charge is 0.206 e. The van der Waals surface area contributed by atoms with E-state index in [1.165, 1.54) is 12.1 Å². The van der Waals surface area contributed by atoms with E-state index in [-0.39, 0.29) is 5.56 Å². The molecule has 0 unspecified atom stereocenters. The van der Waals surface area contributed by atoms with Crippen LogP contribution >= 0.6 is 0 Å². The molecule has 3 aromatic rings. The summed E-state index contributed by atoms with van der Waals surface area (Å²) >= 11 is 0. The molecule has 0 radical (unpaired) electrons. The highest BCUT2D eigenvalue weighted by Gasteiger charge is 2.09. The van der Waals surface area contributed by atoms with Gasteiger partial charge in [-0.15, -0.1) is 6.42 Å². The van der Waals surface area contributed by atoms with Crippen molar-refractivity contribution in [2.45, 2.75) is 32.6 Å². The molecule has 2 heteroatoms. The smallest absolute Gasteiger partial charge is 0.142 e. The molecule has 0 saturated heterocycles. The van der Waals surface area contributed by atoms with E-state index >= 15 is 0 Å². The minimum atomic E-state index is -0.603. The van der Waals surface area contributed by atoms with Gasteiger partial charge in [-0.25, -0.2) is 8.78 Å². The molecule has 0 N–H and O–H groups in total. The standard InChI is InChI=1S/C27H22F2/c1-3-5-6-7-22-18-26(28)25(27(29)19-22)17-12-21-10-15-24(16-11-21)23-13-8-20(4-2)9-14-23/h2,8-11,13-16,18-19H,3,5-7H2,1H3. The summed E-state index contributed by atoms with van der Waals surface area (Å²) in [4.78, 5) is 0. The molecule has 0 aliphatic rings. The van der Waals surface area contributed by atoms with Crippen molar-refractivity contribution in [2.75, 3.05) is 0 Å². The van der Waals surface area contributed by atoms with Crippen molar-refractivity contribution >= 4 is 0 Å². The van der Waals surface area contributed by atoms with Crippen LogP contribution in [0.15, 0.2) is 60.7 Å². The highest BCUT2D eigenvalue weighted by Crippen LogP contribution is 2.21. The number of halogens is 2. The number of unbranched alkanes of at least 4 members (excludes halogenated alkanes) is 2. The average Bonchev–Trinajstić information content (AvgIpc) is 2.74. The third kappa shape index (κ3) is 5.34. The normalized spacial score (nSPS) is 10.1. The molecule has 0 atom stereocenters. The molecule has 0 aromatic heterocycles. The first-order valence-electron chi connectivity index (χ1n) is 9.77. The van der Waals surface area contributed by atoms with Crippen molar-refractivity contribution in [2.24, 2.45) is 0 Å². The summed E-state index contributed by atoms with van der Waals surface area (Å²) in [6.45, 7) is 2.10. The molecule has 3 rings (SSSR count). The Kier molecular flexibility index (Phi) is 6.83. The van der Waals surface area contributed by atoms with Crippen LogP contribution in [-0.2, 0) is 6.42 Å². The molecule has 29 heavy (non-hydrogen) atoms. The van der Waals surface area contributed by atoms with Gasteiger partial charge in [-0.3, -0.25) is 0 Å². The Morgan fingerprint density at radius 3 is 1.83 bits per heavy atom. The number of rotatable bonds is 5. The molecule has 0 fully saturated rings. The van der Waals surface area contributed by atoms with Crippen molar-refractivity contribution in [3.8, 4) is 35.3 Å². The number of aryl methyl sites for hydroxylation is 1. The van der Waals surface area contributed by atoms with Crippen molar-refractivity contribution in [3.63, 3.8) is 0 Å². The molecule has 144 valence electrons. The zero-order valence-corrected chi connectivity index (χ0v) is 16.4. The minimum Gasteiger partial charge on any atom is -0.206 e. The lowest BCUT2D eigenvalue weighted by Gasteiger charge is -2.04. The highest BCUT2D eigenvalue weighted by molar-refractivity contribution is 5.65.